The van der Waals surface area contributed by atoms with E-state index >= 15 is 0 Å². The lowest BCUT2D eigenvalue weighted by Gasteiger charge is -2.12. The van der Waals surface area contributed by atoms with Gasteiger partial charge < -0.3 is 20.8 Å². The quantitative estimate of drug-likeness (QED) is 0.564. The van der Waals surface area contributed by atoms with Gasteiger partial charge in [-0.2, -0.15) is 0 Å². The molecule has 0 radical (unpaired) electrons. The molecule has 6 nitrogen and oxygen atoms in total. The summed E-state index contributed by atoms with van der Waals surface area (Å²) >= 11 is 3.41. The number of nitrogens with zero attached hydrogens (tertiary/aromatic N) is 1. The molecule has 0 aliphatic heterocycles. The highest BCUT2D eigenvalue weighted by atomic mass is 79.9. The number of methoxy groups -OCH3 is 1. The van der Waals surface area contributed by atoms with E-state index in [1.165, 1.54) is 0 Å². The largest absolute Gasteiger partial charge is 0.397 e. The molecule has 1 amide bonds. The number of benzene rings is 1. The Hall–Kier alpha value is -2.38. The number of H-pyrrole nitrogens is 1. The second-order valence-electron chi connectivity index (χ2n) is 5.65. The second-order valence-corrected chi connectivity index (χ2v) is 6.56. The minimum absolute atomic E-state index is 0.218. The molecular weight excluding hydrogens is 384 g/mol. The van der Waals surface area contributed by atoms with E-state index in [2.05, 4.69) is 31.2 Å². The van der Waals surface area contributed by atoms with E-state index in [-0.39, 0.29) is 5.91 Å². The number of para-hydroxylation sites is 1. The highest BCUT2D eigenvalue weighted by Gasteiger charge is 2.19. The summed E-state index contributed by atoms with van der Waals surface area (Å²) in [4.78, 5) is 20.5. The number of aryl methyl sites for hydroxylation is 1. The molecule has 3 aromatic rings. The summed E-state index contributed by atoms with van der Waals surface area (Å²) in [5.41, 5.74) is 10.2. The van der Waals surface area contributed by atoms with Crippen LogP contribution in [0.2, 0.25) is 0 Å². The van der Waals surface area contributed by atoms with E-state index < -0.39 is 0 Å². The van der Waals surface area contributed by atoms with Gasteiger partial charge in [-0.25, -0.2) is 4.98 Å². The van der Waals surface area contributed by atoms with E-state index in [1.807, 2.05) is 25.1 Å². The molecule has 3 rings (SSSR count). The summed E-state index contributed by atoms with van der Waals surface area (Å²) in [6.07, 6.45) is 2.39. The Kier molecular flexibility index (Phi) is 5.06. The van der Waals surface area contributed by atoms with E-state index in [9.17, 15) is 4.79 Å². The molecule has 2 heterocycles. The van der Waals surface area contributed by atoms with Gasteiger partial charge in [-0.05, 0) is 34.5 Å². The van der Waals surface area contributed by atoms with Crippen LogP contribution < -0.4 is 11.1 Å². The normalized spacial score (nSPS) is 11.0. The number of amides is 1. The smallest absolute Gasteiger partial charge is 0.258 e. The van der Waals surface area contributed by atoms with Crippen LogP contribution in [0.25, 0.3) is 11.0 Å². The van der Waals surface area contributed by atoms with E-state index in [0.717, 1.165) is 21.1 Å². The molecule has 0 bridgehead atoms. The highest BCUT2D eigenvalue weighted by molar-refractivity contribution is 9.10. The third kappa shape index (κ3) is 3.38. The molecule has 0 aliphatic rings. The first-order valence-corrected chi connectivity index (χ1v) is 8.68. The van der Waals surface area contributed by atoms with Crippen molar-refractivity contribution < 1.29 is 9.53 Å². The Balaban J connectivity index is 2.01. The number of aromatic nitrogens is 2. The van der Waals surface area contributed by atoms with Gasteiger partial charge in [0.05, 0.1) is 23.5 Å². The first kappa shape index (κ1) is 17.4. The van der Waals surface area contributed by atoms with Crippen LogP contribution in [0.1, 0.15) is 28.5 Å². The zero-order chi connectivity index (χ0) is 18.0. The molecule has 0 fully saturated rings. The number of halogens is 1. The maximum Gasteiger partial charge on any atom is 0.258 e. The maximum absolute atomic E-state index is 12.9. The molecule has 0 aliphatic carbocycles. The van der Waals surface area contributed by atoms with Gasteiger partial charge in [0.25, 0.3) is 5.91 Å². The fourth-order valence-corrected chi connectivity index (χ4v) is 3.14. The van der Waals surface area contributed by atoms with Crippen LogP contribution in [0, 0.1) is 0 Å². The zero-order valence-corrected chi connectivity index (χ0v) is 15.6. The van der Waals surface area contributed by atoms with Crippen molar-refractivity contribution in [1.29, 1.82) is 0 Å². The molecular formula is C18H19BrN4O2. The number of nitrogens with one attached hydrogen (secondary N) is 2. The summed E-state index contributed by atoms with van der Waals surface area (Å²) in [6.45, 7) is 2.38. The number of carbonyl (C=O) groups excluding carboxylic acids is 1. The van der Waals surface area contributed by atoms with Crippen molar-refractivity contribution in [3.8, 4) is 0 Å². The minimum atomic E-state index is -0.218. The van der Waals surface area contributed by atoms with Crippen molar-refractivity contribution in [2.24, 2.45) is 0 Å². The molecule has 1 aromatic carbocycles. The number of hydrogen-bond donors (Lipinski definition) is 3. The van der Waals surface area contributed by atoms with Gasteiger partial charge >= 0.3 is 0 Å². The summed E-state index contributed by atoms with van der Waals surface area (Å²) < 4.78 is 5.95. The molecule has 25 heavy (non-hydrogen) atoms. The van der Waals surface area contributed by atoms with Gasteiger partial charge in [0.2, 0.25) is 0 Å². The predicted octanol–water partition coefficient (Wildman–Crippen LogP) is 3.87. The topological polar surface area (TPSA) is 93.0 Å². The van der Waals surface area contributed by atoms with Crippen LogP contribution in [0.15, 0.2) is 34.9 Å². The summed E-state index contributed by atoms with van der Waals surface area (Å²) in [5, 5.41) is 3.69. The van der Waals surface area contributed by atoms with Gasteiger partial charge in [0.1, 0.15) is 5.65 Å². The number of rotatable bonds is 5. The van der Waals surface area contributed by atoms with Crippen molar-refractivity contribution in [1.82, 2.24) is 9.97 Å². The van der Waals surface area contributed by atoms with Gasteiger partial charge in [0, 0.05) is 34.4 Å². The van der Waals surface area contributed by atoms with Gasteiger partial charge in [-0.15, -0.1) is 0 Å². The molecule has 130 valence electrons. The van der Waals surface area contributed by atoms with Crippen molar-refractivity contribution in [2.75, 3.05) is 18.2 Å². The Bertz CT molecular complexity index is 936. The Labute approximate surface area is 153 Å². The predicted molar refractivity (Wildman–Crippen MR) is 103 cm³/mol. The molecule has 0 saturated carbocycles. The molecule has 0 spiro atoms. The first-order valence-electron chi connectivity index (χ1n) is 7.88. The third-order valence-corrected chi connectivity index (χ3v) is 4.45. The molecule has 2 aromatic heterocycles. The van der Waals surface area contributed by atoms with Crippen molar-refractivity contribution >= 4 is 44.2 Å². The average molecular weight is 403 g/mol. The molecule has 0 atom stereocenters. The number of pyridine rings is 1. The lowest BCUT2D eigenvalue weighted by Crippen LogP contribution is -2.15. The van der Waals surface area contributed by atoms with Crippen molar-refractivity contribution in [2.45, 2.75) is 20.0 Å². The van der Waals surface area contributed by atoms with E-state index in [4.69, 9.17) is 10.5 Å². The second kappa shape index (κ2) is 7.25. The monoisotopic (exact) mass is 402 g/mol. The Morgan fingerprint density at radius 2 is 2.24 bits per heavy atom. The highest BCUT2D eigenvalue weighted by Crippen LogP contribution is 2.28. The zero-order valence-electron chi connectivity index (χ0n) is 14.0. The first-order chi connectivity index (χ1) is 12.0. The van der Waals surface area contributed by atoms with Crippen molar-refractivity contribution in [3.05, 3.63) is 51.8 Å². The summed E-state index contributed by atoms with van der Waals surface area (Å²) in [5.74, 6) is -0.218. The van der Waals surface area contributed by atoms with Crippen LogP contribution in [0.3, 0.4) is 0 Å². The number of ether oxygens (including phenoxy) is 1. The number of anilines is 2. The maximum atomic E-state index is 12.9. The fraction of sp³-hybridized carbons (Fsp3) is 0.222. The number of fused-ring (bicyclic) bond motifs is 1. The van der Waals surface area contributed by atoms with Gasteiger partial charge in [-0.1, -0.05) is 19.1 Å². The molecule has 0 unspecified atom stereocenters. The van der Waals surface area contributed by atoms with E-state index in [1.54, 1.807) is 19.4 Å². The number of nitrogen functional groups attached to an aromatic ring is 1. The number of aromatic amines is 1. The minimum Gasteiger partial charge on any atom is -0.397 e. The van der Waals surface area contributed by atoms with Crippen molar-refractivity contribution in [3.63, 3.8) is 0 Å². The standard InChI is InChI=1S/C18H19BrN4O2/c1-3-13-15(12-7-11(19)8-21-17(12)22-13)18(24)23-14-6-4-5-10(9-25-2)16(14)20/h4-8H,3,9,20H2,1-2H3,(H,21,22)(H,23,24). The Morgan fingerprint density at radius 1 is 1.44 bits per heavy atom. The van der Waals surface area contributed by atoms with Gasteiger partial charge in [0.15, 0.2) is 0 Å². The SMILES string of the molecule is CCc1[nH]c2ncc(Br)cc2c1C(=O)Nc1cccc(COC)c1N. The summed E-state index contributed by atoms with van der Waals surface area (Å²) in [7, 11) is 1.61. The fourth-order valence-electron chi connectivity index (χ4n) is 2.81. The number of carbonyl (C=O) groups is 1. The number of hydrogen-bond acceptors (Lipinski definition) is 4. The molecule has 4 N–H and O–H groups in total. The number of nitrogens with two attached hydrogens (primary N) is 1. The van der Waals surface area contributed by atoms with Crippen LogP contribution in [-0.2, 0) is 17.8 Å². The van der Waals surface area contributed by atoms with Crippen LogP contribution in [-0.4, -0.2) is 23.0 Å². The Morgan fingerprint density at radius 3 is 2.96 bits per heavy atom. The lowest BCUT2D eigenvalue weighted by molar-refractivity contribution is 0.102. The van der Waals surface area contributed by atoms with Crippen LogP contribution >= 0.6 is 15.9 Å². The molecule has 7 heteroatoms. The third-order valence-electron chi connectivity index (χ3n) is 4.02. The van der Waals surface area contributed by atoms with Gasteiger partial charge in [-0.3, -0.25) is 4.79 Å². The van der Waals surface area contributed by atoms with Crippen LogP contribution in [0.5, 0.6) is 0 Å². The van der Waals surface area contributed by atoms with Crippen LogP contribution in [0.4, 0.5) is 11.4 Å². The summed E-state index contributed by atoms with van der Waals surface area (Å²) in [6, 6.07) is 7.38. The molecule has 0 saturated heterocycles. The average Bonchev–Trinajstić information content (AvgIpc) is 2.96. The lowest BCUT2D eigenvalue weighted by atomic mass is 10.1. The van der Waals surface area contributed by atoms with E-state index in [0.29, 0.717) is 35.6 Å².